The Morgan fingerprint density at radius 2 is 2.00 bits per heavy atom. The van der Waals surface area contributed by atoms with Gasteiger partial charge in [-0.2, -0.15) is 0 Å². The Kier molecular flexibility index (Phi) is 6.76. The number of carbonyl (C=O) groups excluding carboxylic acids is 1. The van der Waals surface area contributed by atoms with Crippen molar-refractivity contribution in [2.45, 2.75) is 26.4 Å². The summed E-state index contributed by atoms with van der Waals surface area (Å²) >= 11 is 0. The standard InChI is InChI=1S/C12H17FN2O.ClH/c1-8(2)11(14)12(16)15-7-9-5-3-4-6-10(9)13;/h3-6,8,11H,7,14H2,1-2H3,(H,15,16);1H. The van der Waals surface area contributed by atoms with E-state index in [4.69, 9.17) is 5.73 Å². The number of benzene rings is 1. The highest BCUT2D eigenvalue weighted by atomic mass is 35.5. The maximum absolute atomic E-state index is 13.2. The maximum atomic E-state index is 13.2. The normalized spacial score (nSPS) is 11.8. The van der Waals surface area contributed by atoms with E-state index in [9.17, 15) is 9.18 Å². The number of nitrogens with two attached hydrogens (primary N) is 1. The van der Waals surface area contributed by atoms with Crippen molar-refractivity contribution in [3.05, 3.63) is 35.6 Å². The van der Waals surface area contributed by atoms with Crippen LogP contribution in [-0.2, 0) is 11.3 Å². The van der Waals surface area contributed by atoms with Gasteiger partial charge in [0.1, 0.15) is 5.82 Å². The molecule has 1 rings (SSSR count). The van der Waals surface area contributed by atoms with Gasteiger partial charge >= 0.3 is 0 Å². The van der Waals surface area contributed by atoms with Gasteiger partial charge in [0.05, 0.1) is 6.04 Å². The number of hydrogen-bond acceptors (Lipinski definition) is 2. The molecule has 96 valence electrons. The molecule has 1 unspecified atom stereocenters. The zero-order valence-corrected chi connectivity index (χ0v) is 10.8. The lowest BCUT2D eigenvalue weighted by Gasteiger charge is -2.15. The van der Waals surface area contributed by atoms with Gasteiger partial charge in [0.2, 0.25) is 5.91 Å². The molecule has 17 heavy (non-hydrogen) atoms. The van der Waals surface area contributed by atoms with E-state index in [1.54, 1.807) is 18.2 Å². The van der Waals surface area contributed by atoms with Gasteiger partial charge in [-0.05, 0) is 12.0 Å². The second-order valence-electron chi connectivity index (χ2n) is 4.08. The van der Waals surface area contributed by atoms with Gasteiger partial charge in [-0.25, -0.2) is 4.39 Å². The molecule has 3 N–H and O–H groups in total. The van der Waals surface area contributed by atoms with E-state index in [0.717, 1.165) is 0 Å². The van der Waals surface area contributed by atoms with Crippen molar-refractivity contribution in [1.29, 1.82) is 0 Å². The Morgan fingerprint density at radius 3 is 2.53 bits per heavy atom. The van der Waals surface area contributed by atoms with Crippen molar-refractivity contribution < 1.29 is 9.18 Å². The molecule has 0 aliphatic heterocycles. The van der Waals surface area contributed by atoms with Crippen molar-refractivity contribution in [3.8, 4) is 0 Å². The molecule has 0 aromatic heterocycles. The van der Waals surface area contributed by atoms with Crippen LogP contribution in [0.1, 0.15) is 19.4 Å². The molecule has 0 saturated carbocycles. The van der Waals surface area contributed by atoms with E-state index in [0.29, 0.717) is 5.56 Å². The van der Waals surface area contributed by atoms with E-state index in [-0.39, 0.29) is 36.6 Å². The summed E-state index contributed by atoms with van der Waals surface area (Å²) in [5.74, 6) is -0.500. The van der Waals surface area contributed by atoms with Gasteiger partial charge in [-0.1, -0.05) is 32.0 Å². The van der Waals surface area contributed by atoms with Crippen LogP contribution in [0.5, 0.6) is 0 Å². The molecule has 0 radical (unpaired) electrons. The molecule has 1 aromatic carbocycles. The molecule has 5 heteroatoms. The topological polar surface area (TPSA) is 55.1 Å². The minimum atomic E-state index is -0.549. The first-order chi connectivity index (χ1) is 7.52. The average molecular weight is 261 g/mol. The zero-order valence-electron chi connectivity index (χ0n) is 9.94. The molecule has 0 saturated heterocycles. The molecule has 1 atom stereocenters. The highest BCUT2D eigenvalue weighted by Gasteiger charge is 2.16. The number of hydrogen-bond donors (Lipinski definition) is 2. The fraction of sp³-hybridized carbons (Fsp3) is 0.417. The van der Waals surface area contributed by atoms with Gasteiger partial charge in [0.25, 0.3) is 0 Å². The number of halogens is 2. The molecule has 0 spiro atoms. The van der Waals surface area contributed by atoms with E-state index in [1.165, 1.54) is 6.07 Å². The van der Waals surface area contributed by atoms with Gasteiger partial charge in [0, 0.05) is 12.1 Å². The molecule has 1 aromatic rings. The second-order valence-corrected chi connectivity index (χ2v) is 4.08. The van der Waals surface area contributed by atoms with E-state index in [2.05, 4.69) is 5.32 Å². The molecular formula is C12H18ClFN2O. The predicted molar refractivity (Wildman–Crippen MR) is 68.3 cm³/mol. The van der Waals surface area contributed by atoms with Crippen LogP contribution in [0.4, 0.5) is 4.39 Å². The van der Waals surface area contributed by atoms with Crippen LogP contribution in [0.25, 0.3) is 0 Å². The summed E-state index contributed by atoms with van der Waals surface area (Å²) in [5.41, 5.74) is 6.12. The van der Waals surface area contributed by atoms with Gasteiger partial charge in [0.15, 0.2) is 0 Å². The predicted octanol–water partition coefficient (Wildman–Crippen LogP) is 1.85. The second kappa shape index (κ2) is 7.25. The first-order valence-electron chi connectivity index (χ1n) is 5.29. The summed E-state index contributed by atoms with van der Waals surface area (Å²) in [6.45, 7) is 3.91. The number of nitrogens with one attached hydrogen (secondary N) is 1. The van der Waals surface area contributed by atoms with Crippen LogP contribution in [-0.4, -0.2) is 11.9 Å². The summed E-state index contributed by atoms with van der Waals surface area (Å²) in [5, 5.41) is 2.62. The van der Waals surface area contributed by atoms with Crippen LogP contribution < -0.4 is 11.1 Å². The molecule has 0 bridgehead atoms. The Hall–Kier alpha value is -1.13. The minimum Gasteiger partial charge on any atom is -0.351 e. The lowest BCUT2D eigenvalue weighted by atomic mass is 10.0. The van der Waals surface area contributed by atoms with Gasteiger partial charge in [-0.3, -0.25) is 4.79 Å². The Bertz CT molecular complexity index is 371. The van der Waals surface area contributed by atoms with E-state index < -0.39 is 6.04 Å². The van der Waals surface area contributed by atoms with Crippen LogP contribution in [0.2, 0.25) is 0 Å². The number of amides is 1. The Balaban J connectivity index is 0.00000256. The Morgan fingerprint density at radius 1 is 1.41 bits per heavy atom. The highest BCUT2D eigenvalue weighted by Crippen LogP contribution is 2.06. The lowest BCUT2D eigenvalue weighted by molar-refractivity contribution is -0.123. The zero-order chi connectivity index (χ0) is 12.1. The number of rotatable bonds is 4. The Labute approximate surface area is 107 Å². The van der Waals surface area contributed by atoms with Gasteiger partial charge < -0.3 is 11.1 Å². The third kappa shape index (κ3) is 4.71. The van der Waals surface area contributed by atoms with Crippen LogP contribution in [0, 0.1) is 11.7 Å². The first kappa shape index (κ1) is 15.9. The molecule has 0 aliphatic rings. The smallest absolute Gasteiger partial charge is 0.237 e. The summed E-state index contributed by atoms with van der Waals surface area (Å²) in [6.07, 6.45) is 0. The quantitative estimate of drug-likeness (QED) is 0.868. The summed E-state index contributed by atoms with van der Waals surface area (Å²) < 4.78 is 13.2. The van der Waals surface area contributed by atoms with Crippen LogP contribution in [0.15, 0.2) is 24.3 Å². The highest BCUT2D eigenvalue weighted by molar-refractivity contribution is 5.85. The molecule has 0 fully saturated rings. The lowest BCUT2D eigenvalue weighted by Crippen LogP contribution is -2.43. The van der Waals surface area contributed by atoms with Crippen molar-refractivity contribution in [3.63, 3.8) is 0 Å². The fourth-order valence-electron chi connectivity index (χ4n) is 1.24. The largest absolute Gasteiger partial charge is 0.351 e. The minimum absolute atomic E-state index is 0. The summed E-state index contributed by atoms with van der Waals surface area (Å²) in [7, 11) is 0. The van der Waals surface area contributed by atoms with E-state index in [1.807, 2.05) is 13.8 Å². The monoisotopic (exact) mass is 260 g/mol. The third-order valence-electron chi connectivity index (χ3n) is 2.43. The van der Waals surface area contributed by atoms with Crippen molar-refractivity contribution in [2.75, 3.05) is 0 Å². The van der Waals surface area contributed by atoms with Crippen molar-refractivity contribution >= 4 is 18.3 Å². The summed E-state index contributed by atoms with van der Waals surface area (Å²) in [6, 6.07) is 5.79. The molecule has 1 amide bonds. The SMILES string of the molecule is CC(C)C(N)C(=O)NCc1ccccc1F.Cl. The summed E-state index contributed by atoms with van der Waals surface area (Å²) in [4.78, 5) is 11.5. The molecule has 3 nitrogen and oxygen atoms in total. The van der Waals surface area contributed by atoms with Crippen molar-refractivity contribution in [2.24, 2.45) is 11.7 Å². The van der Waals surface area contributed by atoms with Crippen LogP contribution >= 0.6 is 12.4 Å². The third-order valence-corrected chi connectivity index (χ3v) is 2.43. The molecular weight excluding hydrogens is 243 g/mol. The van der Waals surface area contributed by atoms with E-state index >= 15 is 0 Å². The molecule has 0 aliphatic carbocycles. The maximum Gasteiger partial charge on any atom is 0.237 e. The first-order valence-corrected chi connectivity index (χ1v) is 5.29. The van der Waals surface area contributed by atoms with Crippen molar-refractivity contribution in [1.82, 2.24) is 5.32 Å². The number of carbonyl (C=O) groups is 1. The fourth-order valence-corrected chi connectivity index (χ4v) is 1.24. The average Bonchev–Trinajstić information content (AvgIpc) is 2.26. The van der Waals surface area contributed by atoms with Gasteiger partial charge in [-0.15, -0.1) is 12.4 Å². The molecule has 0 heterocycles. The van der Waals surface area contributed by atoms with Crippen LogP contribution in [0.3, 0.4) is 0 Å².